The van der Waals surface area contributed by atoms with E-state index >= 15 is 0 Å². The van der Waals surface area contributed by atoms with Gasteiger partial charge >= 0.3 is 0 Å². The van der Waals surface area contributed by atoms with Crippen LogP contribution in [0.1, 0.15) is 39.0 Å². The van der Waals surface area contributed by atoms with Crippen molar-refractivity contribution in [1.29, 1.82) is 0 Å². The molecule has 2 fully saturated rings. The first-order valence-corrected chi connectivity index (χ1v) is 8.52. The molecule has 6 nitrogen and oxygen atoms in total. The molecule has 2 saturated heterocycles. The first-order chi connectivity index (χ1) is 10.7. The molecule has 22 heavy (non-hydrogen) atoms. The summed E-state index contributed by atoms with van der Waals surface area (Å²) in [5.41, 5.74) is 5.91. The average molecular weight is 304 g/mol. The maximum Gasteiger partial charge on any atom is 0.223 e. The zero-order valence-corrected chi connectivity index (χ0v) is 13.8. The van der Waals surface area contributed by atoms with E-state index in [-0.39, 0.29) is 0 Å². The van der Waals surface area contributed by atoms with Crippen LogP contribution in [0.15, 0.2) is 6.07 Å². The second-order valence-corrected chi connectivity index (χ2v) is 6.54. The van der Waals surface area contributed by atoms with Crippen LogP contribution in [0.2, 0.25) is 0 Å². The maximum absolute atomic E-state index is 5.91. The molecule has 3 heterocycles. The molecule has 0 saturated carbocycles. The van der Waals surface area contributed by atoms with E-state index in [1.54, 1.807) is 0 Å². The predicted octanol–water partition coefficient (Wildman–Crippen LogP) is 1.94. The van der Waals surface area contributed by atoms with E-state index in [0.717, 1.165) is 43.7 Å². The lowest BCUT2D eigenvalue weighted by atomic mass is 10.1. The molecule has 0 radical (unpaired) electrons. The molecule has 2 unspecified atom stereocenters. The van der Waals surface area contributed by atoms with Crippen molar-refractivity contribution < 1.29 is 0 Å². The maximum atomic E-state index is 5.91. The molecule has 2 aliphatic heterocycles. The van der Waals surface area contributed by atoms with Gasteiger partial charge in [-0.3, -0.25) is 4.90 Å². The number of aromatic nitrogens is 2. The minimum absolute atomic E-state index is 0.360. The molecule has 2 bridgehead atoms. The molecule has 0 aromatic carbocycles. The van der Waals surface area contributed by atoms with Crippen LogP contribution in [-0.2, 0) is 0 Å². The fourth-order valence-corrected chi connectivity index (χ4v) is 3.62. The number of unbranched alkanes of at least 4 members (excludes halogenated alkanes) is 1. The number of nitrogen functional groups attached to an aromatic ring is 1. The van der Waals surface area contributed by atoms with Crippen molar-refractivity contribution in [2.75, 3.05) is 42.6 Å². The third-order valence-electron chi connectivity index (χ3n) is 5.04. The molecule has 0 spiro atoms. The SMILES string of the molecule is CCCCNc1cc(N2CCC3CCC(C2)N3C)nc(N)n1. The van der Waals surface area contributed by atoms with Crippen molar-refractivity contribution >= 4 is 17.6 Å². The fourth-order valence-electron chi connectivity index (χ4n) is 3.62. The van der Waals surface area contributed by atoms with Crippen LogP contribution in [0.4, 0.5) is 17.6 Å². The Hall–Kier alpha value is -1.56. The molecule has 1 aromatic heterocycles. The van der Waals surface area contributed by atoms with Gasteiger partial charge in [0.25, 0.3) is 0 Å². The summed E-state index contributed by atoms with van der Waals surface area (Å²) in [4.78, 5) is 13.7. The summed E-state index contributed by atoms with van der Waals surface area (Å²) in [6.07, 6.45) is 6.14. The Bertz CT molecular complexity index is 505. The van der Waals surface area contributed by atoms with E-state index in [1.807, 2.05) is 6.07 Å². The predicted molar refractivity (Wildman–Crippen MR) is 91.2 cm³/mol. The minimum Gasteiger partial charge on any atom is -0.370 e. The second kappa shape index (κ2) is 6.69. The van der Waals surface area contributed by atoms with Gasteiger partial charge in [0.05, 0.1) is 0 Å². The highest BCUT2D eigenvalue weighted by Gasteiger charge is 2.35. The Kier molecular flexibility index (Phi) is 4.66. The van der Waals surface area contributed by atoms with Crippen LogP contribution in [0.3, 0.4) is 0 Å². The number of hydrogen-bond acceptors (Lipinski definition) is 6. The van der Waals surface area contributed by atoms with Gasteiger partial charge < -0.3 is 16.0 Å². The van der Waals surface area contributed by atoms with Gasteiger partial charge in [0.15, 0.2) is 0 Å². The summed E-state index contributed by atoms with van der Waals surface area (Å²) in [6.45, 7) is 5.21. The van der Waals surface area contributed by atoms with Gasteiger partial charge in [-0.15, -0.1) is 0 Å². The van der Waals surface area contributed by atoms with Gasteiger partial charge in [-0.05, 0) is 32.7 Å². The second-order valence-electron chi connectivity index (χ2n) is 6.54. The quantitative estimate of drug-likeness (QED) is 0.810. The van der Waals surface area contributed by atoms with E-state index in [0.29, 0.717) is 12.0 Å². The zero-order chi connectivity index (χ0) is 15.5. The molecule has 2 aliphatic rings. The summed E-state index contributed by atoms with van der Waals surface area (Å²) >= 11 is 0. The monoisotopic (exact) mass is 304 g/mol. The van der Waals surface area contributed by atoms with Gasteiger partial charge in [-0.25, -0.2) is 0 Å². The summed E-state index contributed by atoms with van der Waals surface area (Å²) in [5.74, 6) is 2.17. The van der Waals surface area contributed by atoms with Crippen LogP contribution >= 0.6 is 0 Å². The molecule has 1 aromatic rings. The summed E-state index contributed by atoms with van der Waals surface area (Å²) in [7, 11) is 2.26. The molecule has 122 valence electrons. The van der Waals surface area contributed by atoms with Gasteiger partial charge in [0, 0.05) is 37.8 Å². The van der Waals surface area contributed by atoms with E-state index in [1.165, 1.54) is 25.7 Å². The molecule has 3 rings (SSSR count). The lowest BCUT2D eigenvalue weighted by molar-refractivity contribution is 0.254. The Morgan fingerprint density at radius 2 is 2.09 bits per heavy atom. The number of rotatable bonds is 5. The number of nitrogens with two attached hydrogens (primary N) is 1. The van der Waals surface area contributed by atoms with Crippen molar-refractivity contribution in [2.45, 2.75) is 51.1 Å². The highest BCUT2D eigenvalue weighted by Crippen LogP contribution is 2.30. The van der Waals surface area contributed by atoms with Crippen molar-refractivity contribution in [3.8, 4) is 0 Å². The minimum atomic E-state index is 0.360. The van der Waals surface area contributed by atoms with Gasteiger partial charge in [-0.1, -0.05) is 13.3 Å². The molecule has 0 aliphatic carbocycles. The van der Waals surface area contributed by atoms with Crippen molar-refractivity contribution in [2.24, 2.45) is 0 Å². The summed E-state index contributed by atoms with van der Waals surface area (Å²) in [5, 5.41) is 3.36. The van der Waals surface area contributed by atoms with Gasteiger partial charge in [-0.2, -0.15) is 9.97 Å². The first kappa shape index (κ1) is 15.3. The average Bonchev–Trinajstić information content (AvgIpc) is 2.72. The Morgan fingerprint density at radius 3 is 2.91 bits per heavy atom. The molecule has 0 amide bonds. The van der Waals surface area contributed by atoms with Crippen molar-refractivity contribution in [3.63, 3.8) is 0 Å². The number of nitrogens with zero attached hydrogens (tertiary/aromatic N) is 4. The number of nitrogens with one attached hydrogen (secondary N) is 1. The molecule has 2 atom stereocenters. The molecular weight excluding hydrogens is 276 g/mol. The highest BCUT2D eigenvalue weighted by molar-refractivity contribution is 5.53. The number of anilines is 3. The van der Waals surface area contributed by atoms with Crippen molar-refractivity contribution in [3.05, 3.63) is 6.07 Å². The Balaban J connectivity index is 1.73. The largest absolute Gasteiger partial charge is 0.370 e. The molecule has 6 heteroatoms. The normalized spacial score (nSPS) is 25.3. The Morgan fingerprint density at radius 1 is 1.27 bits per heavy atom. The number of likely N-dealkylation sites (N-methyl/N-ethyl adjacent to an activating group) is 1. The third kappa shape index (κ3) is 3.27. The van der Waals surface area contributed by atoms with Crippen molar-refractivity contribution in [1.82, 2.24) is 14.9 Å². The van der Waals surface area contributed by atoms with Crippen LogP contribution in [0.5, 0.6) is 0 Å². The smallest absolute Gasteiger partial charge is 0.223 e. The lowest BCUT2D eigenvalue weighted by Gasteiger charge is -2.27. The van der Waals surface area contributed by atoms with E-state index in [9.17, 15) is 0 Å². The van der Waals surface area contributed by atoms with Gasteiger partial charge in [0.2, 0.25) is 5.95 Å². The lowest BCUT2D eigenvalue weighted by Crippen LogP contribution is -2.37. The van der Waals surface area contributed by atoms with E-state index in [2.05, 4.69) is 39.1 Å². The summed E-state index contributed by atoms with van der Waals surface area (Å²) < 4.78 is 0. The Labute approximate surface area is 133 Å². The third-order valence-corrected chi connectivity index (χ3v) is 5.04. The molecule has 3 N–H and O–H groups in total. The van der Waals surface area contributed by atoms with E-state index in [4.69, 9.17) is 5.73 Å². The zero-order valence-electron chi connectivity index (χ0n) is 13.8. The first-order valence-electron chi connectivity index (χ1n) is 8.52. The van der Waals surface area contributed by atoms with E-state index < -0.39 is 0 Å². The highest BCUT2D eigenvalue weighted by atomic mass is 15.3. The van der Waals surface area contributed by atoms with Gasteiger partial charge in [0.1, 0.15) is 11.6 Å². The molecular formula is C16H28N6. The number of fused-ring (bicyclic) bond motifs is 2. The van der Waals surface area contributed by atoms with Crippen LogP contribution < -0.4 is 16.0 Å². The van der Waals surface area contributed by atoms with Crippen LogP contribution in [-0.4, -0.2) is 53.6 Å². The topological polar surface area (TPSA) is 70.3 Å². The van der Waals surface area contributed by atoms with Crippen LogP contribution in [0, 0.1) is 0 Å². The standard InChI is InChI=1S/C16H28N6/c1-3-4-8-18-14-10-15(20-16(17)19-14)22-9-7-12-5-6-13(11-22)21(12)2/h10,12-13H,3-9,11H2,1-2H3,(H3,17,18,19,20). The fraction of sp³-hybridized carbons (Fsp3) is 0.750. The number of hydrogen-bond donors (Lipinski definition) is 2. The summed E-state index contributed by atoms with van der Waals surface area (Å²) in [6, 6.07) is 3.42. The van der Waals surface area contributed by atoms with Crippen LogP contribution in [0.25, 0.3) is 0 Å².